The molecule has 138 valence electrons. The number of H-pyrrole nitrogens is 1. The molecule has 3 atom stereocenters. The molecule has 1 fully saturated rings. The van der Waals surface area contributed by atoms with E-state index in [1.54, 1.807) is 6.92 Å². The highest BCUT2D eigenvalue weighted by atomic mass is 16.2. The van der Waals surface area contributed by atoms with Crippen LogP contribution in [0.15, 0.2) is 48.5 Å². The molecule has 3 N–H and O–H groups in total. The van der Waals surface area contributed by atoms with Crippen LogP contribution in [0.5, 0.6) is 0 Å². The van der Waals surface area contributed by atoms with E-state index in [1.807, 2.05) is 55.5 Å². The lowest BCUT2D eigenvalue weighted by molar-refractivity contribution is -0.127. The predicted octanol–water partition coefficient (Wildman–Crippen LogP) is 3.12. The molecule has 0 spiro atoms. The summed E-state index contributed by atoms with van der Waals surface area (Å²) in [6.07, 6.45) is 0.748. The Morgan fingerprint density at radius 2 is 1.89 bits per heavy atom. The van der Waals surface area contributed by atoms with E-state index in [0.29, 0.717) is 0 Å². The van der Waals surface area contributed by atoms with Gasteiger partial charge in [0.05, 0.1) is 11.0 Å². The lowest BCUT2D eigenvalue weighted by Gasteiger charge is -2.14. The van der Waals surface area contributed by atoms with Crippen molar-refractivity contribution in [3.8, 4) is 0 Å². The van der Waals surface area contributed by atoms with Gasteiger partial charge in [-0.05, 0) is 44.5 Å². The molecule has 0 aliphatic heterocycles. The molecular weight excluding hydrogens is 340 g/mol. The van der Waals surface area contributed by atoms with Crippen molar-refractivity contribution in [3.05, 3.63) is 59.9 Å². The van der Waals surface area contributed by atoms with Crippen molar-refractivity contribution in [2.45, 2.75) is 32.2 Å². The number of nitrogens with zero attached hydrogens (tertiary/aromatic N) is 1. The summed E-state index contributed by atoms with van der Waals surface area (Å²) in [4.78, 5) is 32.6. The number of aromatic amines is 1. The van der Waals surface area contributed by atoms with Crippen LogP contribution in [-0.4, -0.2) is 27.8 Å². The van der Waals surface area contributed by atoms with Crippen molar-refractivity contribution in [1.29, 1.82) is 0 Å². The van der Waals surface area contributed by atoms with E-state index in [-0.39, 0.29) is 23.7 Å². The first-order valence-corrected chi connectivity index (χ1v) is 9.14. The summed E-state index contributed by atoms with van der Waals surface area (Å²) in [5.74, 6) is 0.457. The topological polar surface area (TPSA) is 86.9 Å². The van der Waals surface area contributed by atoms with Crippen molar-refractivity contribution >= 4 is 28.5 Å². The Hall–Kier alpha value is -3.15. The Kier molecular flexibility index (Phi) is 4.39. The Morgan fingerprint density at radius 3 is 2.63 bits per heavy atom. The average Bonchev–Trinajstić information content (AvgIpc) is 3.35. The third-order valence-corrected chi connectivity index (χ3v) is 4.96. The summed E-state index contributed by atoms with van der Waals surface area (Å²) < 4.78 is 0. The molecule has 2 aromatic carbocycles. The molecule has 1 aromatic heterocycles. The molecule has 3 unspecified atom stereocenters. The van der Waals surface area contributed by atoms with Crippen LogP contribution in [0.2, 0.25) is 0 Å². The first kappa shape index (κ1) is 17.3. The summed E-state index contributed by atoms with van der Waals surface area (Å²) in [7, 11) is 0. The van der Waals surface area contributed by atoms with Crippen LogP contribution >= 0.6 is 0 Å². The molecule has 2 amide bonds. The number of hydrogen-bond donors (Lipinski definition) is 3. The van der Waals surface area contributed by atoms with Gasteiger partial charge in [0.25, 0.3) is 0 Å². The summed E-state index contributed by atoms with van der Waals surface area (Å²) in [5.41, 5.74) is 3.73. The van der Waals surface area contributed by atoms with Crippen molar-refractivity contribution in [3.63, 3.8) is 0 Å². The first-order valence-electron chi connectivity index (χ1n) is 9.14. The number of anilines is 1. The Labute approximate surface area is 157 Å². The second-order valence-electron chi connectivity index (χ2n) is 7.17. The fraction of sp³-hybridized carbons (Fsp3) is 0.286. The molecule has 4 rings (SSSR count). The molecular formula is C21H22N4O2. The second kappa shape index (κ2) is 6.87. The van der Waals surface area contributed by atoms with E-state index in [0.717, 1.165) is 34.5 Å². The minimum absolute atomic E-state index is 0.0877. The fourth-order valence-corrected chi connectivity index (χ4v) is 3.21. The van der Waals surface area contributed by atoms with Crippen LogP contribution in [0, 0.1) is 12.8 Å². The molecule has 0 saturated heterocycles. The van der Waals surface area contributed by atoms with Crippen LogP contribution < -0.4 is 10.6 Å². The third kappa shape index (κ3) is 3.69. The average molecular weight is 362 g/mol. The highest BCUT2D eigenvalue weighted by Gasteiger charge is 2.46. The normalized spacial score (nSPS) is 19.5. The van der Waals surface area contributed by atoms with Gasteiger partial charge in [-0.15, -0.1) is 0 Å². The number of aromatic nitrogens is 2. The number of rotatable bonds is 5. The number of fused-ring (bicyclic) bond motifs is 1. The number of carbonyl (C=O) groups is 2. The number of hydrogen-bond acceptors (Lipinski definition) is 3. The van der Waals surface area contributed by atoms with Crippen LogP contribution in [0.3, 0.4) is 0 Å². The number of carbonyl (C=O) groups excluding carboxylic acids is 2. The molecule has 6 heteroatoms. The van der Waals surface area contributed by atoms with Gasteiger partial charge in [-0.2, -0.15) is 0 Å². The van der Waals surface area contributed by atoms with Crippen molar-refractivity contribution < 1.29 is 9.59 Å². The SMILES string of the molecule is Cc1ccc(NC(=O)C(C)NC(=O)C2CC2c2nc3ccccc3[nH]2)cc1. The van der Waals surface area contributed by atoms with Crippen LogP contribution in [0.1, 0.15) is 30.7 Å². The van der Waals surface area contributed by atoms with E-state index >= 15 is 0 Å². The van der Waals surface area contributed by atoms with Crippen LogP contribution in [0.25, 0.3) is 11.0 Å². The molecule has 27 heavy (non-hydrogen) atoms. The molecule has 1 heterocycles. The van der Waals surface area contributed by atoms with E-state index in [2.05, 4.69) is 20.6 Å². The highest BCUT2D eigenvalue weighted by molar-refractivity contribution is 5.97. The maximum Gasteiger partial charge on any atom is 0.246 e. The Bertz CT molecular complexity index is 960. The summed E-state index contributed by atoms with van der Waals surface area (Å²) in [6.45, 7) is 3.68. The predicted molar refractivity (Wildman–Crippen MR) is 104 cm³/mol. The first-order chi connectivity index (χ1) is 13.0. The van der Waals surface area contributed by atoms with Gasteiger partial charge < -0.3 is 15.6 Å². The smallest absolute Gasteiger partial charge is 0.246 e. The molecule has 0 bridgehead atoms. The maximum atomic E-state index is 12.5. The highest BCUT2D eigenvalue weighted by Crippen LogP contribution is 2.46. The van der Waals surface area contributed by atoms with Crippen LogP contribution in [0.4, 0.5) is 5.69 Å². The van der Waals surface area contributed by atoms with Crippen molar-refractivity contribution in [1.82, 2.24) is 15.3 Å². The number of aryl methyl sites for hydroxylation is 1. The minimum atomic E-state index is -0.601. The zero-order valence-corrected chi connectivity index (χ0v) is 15.3. The molecule has 6 nitrogen and oxygen atoms in total. The summed E-state index contributed by atoms with van der Waals surface area (Å²) in [6, 6.07) is 14.8. The number of para-hydroxylation sites is 2. The lowest BCUT2D eigenvalue weighted by Crippen LogP contribution is -2.42. The van der Waals surface area contributed by atoms with Crippen LogP contribution in [-0.2, 0) is 9.59 Å². The molecule has 0 radical (unpaired) electrons. The van der Waals surface area contributed by atoms with Gasteiger partial charge in [0.2, 0.25) is 11.8 Å². The summed E-state index contributed by atoms with van der Waals surface area (Å²) in [5, 5.41) is 5.64. The maximum absolute atomic E-state index is 12.5. The van der Waals surface area contributed by atoms with Gasteiger partial charge in [-0.25, -0.2) is 4.98 Å². The van der Waals surface area contributed by atoms with Gasteiger partial charge >= 0.3 is 0 Å². The Morgan fingerprint density at radius 1 is 1.15 bits per heavy atom. The monoisotopic (exact) mass is 362 g/mol. The van der Waals surface area contributed by atoms with E-state index < -0.39 is 6.04 Å². The molecule has 1 aliphatic carbocycles. The van der Waals surface area contributed by atoms with E-state index in [4.69, 9.17) is 0 Å². The van der Waals surface area contributed by atoms with Gasteiger partial charge in [0.1, 0.15) is 11.9 Å². The molecule has 1 aliphatic rings. The zero-order valence-electron chi connectivity index (χ0n) is 15.3. The molecule has 3 aromatic rings. The zero-order chi connectivity index (χ0) is 19.0. The second-order valence-corrected chi connectivity index (χ2v) is 7.17. The summed E-state index contributed by atoms with van der Waals surface area (Å²) >= 11 is 0. The van der Waals surface area contributed by atoms with Gasteiger partial charge in [0.15, 0.2) is 0 Å². The van der Waals surface area contributed by atoms with Crippen molar-refractivity contribution in [2.24, 2.45) is 5.92 Å². The van der Waals surface area contributed by atoms with Gasteiger partial charge in [-0.1, -0.05) is 29.8 Å². The largest absolute Gasteiger partial charge is 0.344 e. The van der Waals surface area contributed by atoms with Gasteiger partial charge in [0, 0.05) is 17.5 Å². The number of benzene rings is 2. The van der Waals surface area contributed by atoms with Crippen molar-refractivity contribution in [2.75, 3.05) is 5.32 Å². The van der Waals surface area contributed by atoms with Gasteiger partial charge in [-0.3, -0.25) is 9.59 Å². The quantitative estimate of drug-likeness (QED) is 0.652. The minimum Gasteiger partial charge on any atom is -0.344 e. The number of nitrogens with one attached hydrogen (secondary N) is 3. The Balaban J connectivity index is 1.33. The number of amides is 2. The standard InChI is InChI=1S/C21H22N4O2/c1-12-7-9-14(10-8-12)23-20(26)13(2)22-21(27)16-11-15(16)19-24-17-5-3-4-6-18(17)25-19/h3-10,13,15-16H,11H2,1-2H3,(H,22,27)(H,23,26)(H,24,25). The lowest BCUT2D eigenvalue weighted by atomic mass is 10.2. The fourth-order valence-electron chi connectivity index (χ4n) is 3.21. The molecule has 1 saturated carbocycles. The third-order valence-electron chi connectivity index (χ3n) is 4.96. The number of imidazole rings is 1. The van der Waals surface area contributed by atoms with E-state index in [1.165, 1.54) is 0 Å². The van der Waals surface area contributed by atoms with E-state index in [9.17, 15) is 9.59 Å².